The van der Waals surface area contributed by atoms with Crippen molar-refractivity contribution in [2.24, 2.45) is 0 Å². The molecule has 3 nitrogen and oxygen atoms in total. The van der Waals surface area contributed by atoms with Crippen LogP contribution in [-0.2, 0) is 0 Å². The van der Waals surface area contributed by atoms with Gasteiger partial charge < -0.3 is 14.5 Å². The van der Waals surface area contributed by atoms with Crippen molar-refractivity contribution in [3.05, 3.63) is 53.5 Å². The van der Waals surface area contributed by atoms with E-state index in [2.05, 4.69) is 30.4 Å². The second-order valence-electron chi connectivity index (χ2n) is 4.28. The maximum atomic E-state index is 5.38. The summed E-state index contributed by atoms with van der Waals surface area (Å²) in [7, 11) is 1.70. The van der Waals surface area contributed by atoms with Crippen LogP contribution in [0.2, 0.25) is 0 Å². The van der Waals surface area contributed by atoms with Gasteiger partial charge >= 0.3 is 0 Å². The molecule has 1 aromatic carbocycles. The molecule has 1 atom stereocenters. The lowest BCUT2D eigenvalue weighted by atomic mass is 9.99. The van der Waals surface area contributed by atoms with Crippen LogP contribution in [0.15, 0.2) is 41.2 Å². The number of hydrogen-bond donors (Lipinski definition) is 1. The average Bonchev–Trinajstić information content (AvgIpc) is 2.90. The summed E-state index contributed by atoms with van der Waals surface area (Å²) in [5, 5.41) is 3.46. The van der Waals surface area contributed by atoms with Crippen LogP contribution in [0, 0.1) is 6.92 Å². The van der Waals surface area contributed by atoms with Crippen LogP contribution < -0.4 is 10.1 Å². The molecule has 1 N–H and O–H groups in total. The van der Waals surface area contributed by atoms with E-state index in [0.29, 0.717) is 0 Å². The maximum absolute atomic E-state index is 5.38. The SMILES string of the molecule is CCNC(c1ccoc1)c1ccc(C)c(OC)c1. The number of methoxy groups -OCH3 is 1. The van der Waals surface area contributed by atoms with Crippen molar-refractivity contribution in [3.63, 3.8) is 0 Å². The number of ether oxygens (including phenoxy) is 1. The Morgan fingerprint density at radius 2 is 2.11 bits per heavy atom. The minimum absolute atomic E-state index is 0.142. The standard InChI is InChI=1S/C15H19NO2/c1-4-16-15(13-7-8-18-10-13)12-6-5-11(2)14(9-12)17-3/h5-10,15-16H,4H2,1-3H3. The summed E-state index contributed by atoms with van der Waals surface area (Å²) < 4.78 is 10.6. The third-order valence-corrected chi connectivity index (χ3v) is 3.05. The molecule has 96 valence electrons. The van der Waals surface area contributed by atoms with Crippen molar-refractivity contribution in [1.82, 2.24) is 5.32 Å². The van der Waals surface area contributed by atoms with E-state index in [0.717, 1.165) is 23.4 Å². The van der Waals surface area contributed by atoms with Crippen LogP contribution in [0.3, 0.4) is 0 Å². The molecule has 0 saturated heterocycles. The normalized spacial score (nSPS) is 12.4. The van der Waals surface area contributed by atoms with Crippen LogP contribution >= 0.6 is 0 Å². The molecule has 3 heteroatoms. The lowest BCUT2D eigenvalue weighted by Crippen LogP contribution is -2.21. The van der Waals surface area contributed by atoms with Crippen molar-refractivity contribution in [2.45, 2.75) is 19.9 Å². The van der Waals surface area contributed by atoms with Gasteiger partial charge in [0.2, 0.25) is 0 Å². The Balaban J connectivity index is 2.36. The van der Waals surface area contributed by atoms with Crippen molar-refractivity contribution in [3.8, 4) is 5.75 Å². The lowest BCUT2D eigenvalue weighted by molar-refractivity contribution is 0.410. The van der Waals surface area contributed by atoms with E-state index in [1.54, 1.807) is 19.6 Å². The fraction of sp³-hybridized carbons (Fsp3) is 0.333. The summed E-state index contributed by atoms with van der Waals surface area (Å²) in [5.74, 6) is 0.916. The number of nitrogens with one attached hydrogen (secondary N) is 1. The Morgan fingerprint density at radius 3 is 2.72 bits per heavy atom. The Kier molecular flexibility index (Phi) is 4.05. The fourth-order valence-corrected chi connectivity index (χ4v) is 2.09. The summed E-state index contributed by atoms with van der Waals surface area (Å²) in [5.41, 5.74) is 3.45. The highest BCUT2D eigenvalue weighted by Crippen LogP contribution is 2.27. The zero-order valence-electron chi connectivity index (χ0n) is 11.1. The number of furan rings is 1. The Morgan fingerprint density at radius 1 is 1.28 bits per heavy atom. The first kappa shape index (κ1) is 12.7. The van der Waals surface area contributed by atoms with Crippen LogP contribution in [0.5, 0.6) is 5.75 Å². The van der Waals surface area contributed by atoms with Gasteiger partial charge in [-0.3, -0.25) is 0 Å². The highest BCUT2D eigenvalue weighted by molar-refractivity contribution is 5.40. The van der Waals surface area contributed by atoms with E-state index in [9.17, 15) is 0 Å². The molecular weight excluding hydrogens is 226 g/mol. The highest BCUT2D eigenvalue weighted by Gasteiger charge is 2.15. The molecule has 0 saturated carbocycles. The first-order chi connectivity index (χ1) is 8.76. The minimum Gasteiger partial charge on any atom is -0.496 e. The maximum Gasteiger partial charge on any atom is 0.122 e. The quantitative estimate of drug-likeness (QED) is 0.877. The van der Waals surface area contributed by atoms with Gasteiger partial charge in [0.15, 0.2) is 0 Å². The number of hydrogen-bond acceptors (Lipinski definition) is 3. The van der Waals surface area contributed by atoms with Gasteiger partial charge in [0.05, 0.1) is 25.7 Å². The largest absolute Gasteiger partial charge is 0.496 e. The molecule has 18 heavy (non-hydrogen) atoms. The first-order valence-electron chi connectivity index (χ1n) is 6.16. The van der Waals surface area contributed by atoms with Crippen molar-refractivity contribution >= 4 is 0 Å². The third kappa shape index (κ3) is 2.57. The second-order valence-corrected chi connectivity index (χ2v) is 4.28. The van der Waals surface area contributed by atoms with Crippen molar-refractivity contribution < 1.29 is 9.15 Å². The molecule has 0 fully saturated rings. The molecule has 0 aliphatic heterocycles. The fourth-order valence-electron chi connectivity index (χ4n) is 2.09. The van der Waals surface area contributed by atoms with Crippen molar-refractivity contribution in [1.29, 1.82) is 0 Å². The molecule has 2 aromatic rings. The summed E-state index contributed by atoms with van der Waals surface area (Å²) in [6.45, 7) is 5.03. The zero-order chi connectivity index (χ0) is 13.0. The van der Waals surface area contributed by atoms with Gasteiger partial charge in [-0.2, -0.15) is 0 Å². The van der Waals surface area contributed by atoms with E-state index in [1.165, 1.54) is 5.56 Å². The Labute approximate surface area is 108 Å². The van der Waals surface area contributed by atoms with Crippen LogP contribution in [0.4, 0.5) is 0 Å². The first-order valence-corrected chi connectivity index (χ1v) is 6.16. The second kappa shape index (κ2) is 5.74. The average molecular weight is 245 g/mol. The highest BCUT2D eigenvalue weighted by atomic mass is 16.5. The van der Waals surface area contributed by atoms with Crippen LogP contribution in [0.25, 0.3) is 0 Å². The zero-order valence-corrected chi connectivity index (χ0v) is 11.1. The lowest BCUT2D eigenvalue weighted by Gasteiger charge is -2.18. The molecule has 1 heterocycles. The van der Waals surface area contributed by atoms with Gasteiger partial charge in [0, 0.05) is 5.56 Å². The molecule has 1 unspecified atom stereocenters. The van der Waals surface area contributed by atoms with Gasteiger partial charge in [-0.15, -0.1) is 0 Å². The van der Waals surface area contributed by atoms with E-state index in [4.69, 9.17) is 9.15 Å². The van der Waals surface area contributed by atoms with E-state index >= 15 is 0 Å². The van der Waals surface area contributed by atoms with E-state index < -0.39 is 0 Å². The predicted molar refractivity (Wildman–Crippen MR) is 72.0 cm³/mol. The monoisotopic (exact) mass is 245 g/mol. The summed E-state index contributed by atoms with van der Waals surface area (Å²) >= 11 is 0. The molecule has 0 amide bonds. The number of aryl methyl sites for hydroxylation is 1. The molecule has 0 radical (unpaired) electrons. The van der Waals surface area contributed by atoms with Gasteiger partial charge in [-0.1, -0.05) is 19.1 Å². The van der Waals surface area contributed by atoms with Crippen LogP contribution in [-0.4, -0.2) is 13.7 Å². The molecule has 2 rings (SSSR count). The van der Waals surface area contributed by atoms with Gasteiger partial charge in [0.1, 0.15) is 5.75 Å². The van der Waals surface area contributed by atoms with E-state index in [1.807, 2.05) is 13.0 Å². The van der Waals surface area contributed by atoms with Crippen molar-refractivity contribution in [2.75, 3.05) is 13.7 Å². The molecule has 0 aliphatic carbocycles. The third-order valence-electron chi connectivity index (χ3n) is 3.05. The summed E-state index contributed by atoms with van der Waals surface area (Å²) in [6.07, 6.45) is 3.48. The molecule has 0 aliphatic rings. The van der Waals surface area contributed by atoms with Gasteiger partial charge in [-0.25, -0.2) is 0 Å². The Bertz CT molecular complexity index is 491. The van der Waals surface area contributed by atoms with E-state index in [-0.39, 0.29) is 6.04 Å². The topological polar surface area (TPSA) is 34.4 Å². The number of benzene rings is 1. The molecule has 0 bridgehead atoms. The summed E-state index contributed by atoms with van der Waals surface area (Å²) in [6, 6.07) is 8.41. The predicted octanol–water partition coefficient (Wildman–Crippen LogP) is 3.30. The Hall–Kier alpha value is -1.74. The minimum atomic E-state index is 0.142. The molecular formula is C15H19NO2. The summed E-state index contributed by atoms with van der Waals surface area (Å²) in [4.78, 5) is 0. The van der Waals surface area contributed by atoms with Gasteiger partial charge in [-0.05, 0) is 36.7 Å². The molecule has 0 spiro atoms. The smallest absolute Gasteiger partial charge is 0.122 e. The van der Waals surface area contributed by atoms with Crippen LogP contribution in [0.1, 0.15) is 29.7 Å². The van der Waals surface area contributed by atoms with Gasteiger partial charge in [0.25, 0.3) is 0 Å². The number of rotatable bonds is 5. The molecule has 1 aromatic heterocycles.